The van der Waals surface area contributed by atoms with Crippen LogP contribution < -0.4 is 0 Å². The summed E-state index contributed by atoms with van der Waals surface area (Å²) >= 11 is 0. The maximum Gasteiger partial charge on any atom is 0.432 e. The number of ether oxygens (including phenoxy) is 1. The molecule has 8 heteroatoms. The molecule has 0 aliphatic heterocycles. The van der Waals surface area contributed by atoms with Crippen LogP contribution in [0.2, 0.25) is 0 Å². The lowest BCUT2D eigenvalue weighted by molar-refractivity contribution is -0.266. The van der Waals surface area contributed by atoms with E-state index in [0.29, 0.717) is 25.3 Å². The number of esters is 1. The molecule has 0 bridgehead atoms. The molecule has 0 spiro atoms. The second kappa shape index (κ2) is 4.37. The van der Waals surface area contributed by atoms with E-state index in [0.717, 1.165) is 0 Å². The van der Waals surface area contributed by atoms with Crippen LogP contribution in [0, 0.1) is 0 Å². The molecule has 0 saturated heterocycles. The number of hydrogen-bond acceptors (Lipinski definition) is 5. The Balaban J connectivity index is 3.45. The van der Waals surface area contributed by atoms with Crippen molar-refractivity contribution in [1.29, 1.82) is 0 Å². The average Bonchev–Trinajstić information content (AvgIpc) is 2.29. The summed E-state index contributed by atoms with van der Waals surface area (Å²) in [4.78, 5) is 11.1. The number of benzene rings is 1. The van der Waals surface area contributed by atoms with Crippen molar-refractivity contribution in [3.8, 4) is 11.5 Å². The molecule has 0 amide bonds. The summed E-state index contributed by atoms with van der Waals surface area (Å²) in [6, 6.07) is 1.80. The van der Waals surface area contributed by atoms with Gasteiger partial charge < -0.3 is 20.1 Å². The molecule has 5 nitrogen and oxygen atoms in total. The maximum absolute atomic E-state index is 12.8. The third-order valence-electron chi connectivity index (χ3n) is 2.28. The molecule has 3 N–H and O–H groups in total. The zero-order valence-corrected chi connectivity index (χ0v) is 9.02. The highest BCUT2D eigenvalue weighted by atomic mass is 19.4. The minimum absolute atomic E-state index is 0.430. The van der Waals surface area contributed by atoms with Crippen molar-refractivity contribution in [3.05, 3.63) is 23.8 Å². The van der Waals surface area contributed by atoms with Crippen LogP contribution in [-0.4, -0.2) is 34.6 Å². The van der Waals surface area contributed by atoms with Crippen LogP contribution in [0.25, 0.3) is 0 Å². The number of methoxy groups -OCH3 is 1. The molecule has 0 radical (unpaired) electrons. The number of halogens is 3. The second-order valence-corrected chi connectivity index (χ2v) is 3.40. The van der Waals surface area contributed by atoms with E-state index in [2.05, 4.69) is 4.74 Å². The highest BCUT2D eigenvalue weighted by Gasteiger charge is 2.62. The van der Waals surface area contributed by atoms with E-state index in [1.807, 2.05) is 0 Å². The summed E-state index contributed by atoms with van der Waals surface area (Å²) in [7, 11) is 0.680. The fraction of sp³-hybridized carbons (Fsp3) is 0.300. The largest absolute Gasteiger partial charge is 0.504 e. The Hall–Kier alpha value is -1.96. The van der Waals surface area contributed by atoms with E-state index in [9.17, 15) is 23.1 Å². The number of carbonyl (C=O) groups excluding carboxylic acids is 1. The Morgan fingerprint density at radius 1 is 1.22 bits per heavy atom. The van der Waals surface area contributed by atoms with E-state index >= 15 is 0 Å². The van der Waals surface area contributed by atoms with Crippen molar-refractivity contribution in [2.24, 2.45) is 0 Å². The van der Waals surface area contributed by atoms with Crippen LogP contribution in [0.5, 0.6) is 11.5 Å². The molecule has 0 saturated carbocycles. The van der Waals surface area contributed by atoms with Crippen molar-refractivity contribution in [2.45, 2.75) is 11.8 Å². The number of alkyl halides is 3. The standard InChI is InChI=1S/C10H9F3O5/c1-18-8(16)9(17,10(11,12)13)5-2-3-6(14)7(15)4-5/h2-4,14-15,17H,1H3/t9-/m0/s1. The molecular formula is C10H9F3O5. The molecule has 1 aromatic carbocycles. The van der Waals surface area contributed by atoms with Gasteiger partial charge in [0, 0.05) is 5.56 Å². The second-order valence-electron chi connectivity index (χ2n) is 3.40. The Bertz CT molecular complexity index is 471. The van der Waals surface area contributed by atoms with Gasteiger partial charge in [-0.3, -0.25) is 0 Å². The number of phenolic OH excluding ortho intramolecular Hbond substituents is 2. The number of aromatic hydroxyl groups is 2. The van der Waals surface area contributed by atoms with Gasteiger partial charge in [-0.1, -0.05) is 6.07 Å². The Kier molecular flexibility index (Phi) is 3.43. The molecule has 0 unspecified atom stereocenters. The van der Waals surface area contributed by atoms with Gasteiger partial charge in [0.05, 0.1) is 7.11 Å². The Morgan fingerprint density at radius 2 is 1.78 bits per heavy atom. The van der Waals surface area contributed by atoms with E-state index in [1.165, 1.54) is 0 Å². The van der Waals surface area contributed by atoms with Gasteiger partial charge in [0.1, 0.15) is 0 Å². The van der Waals surface area contributed by atoms with Crippen LogP contribution in [0.4, 0.5) is 13.2 Å². The topological polar surface area (TPSA) is 87.0 Å². The first-order chi connectivity index (χ1) is 8.14. The lowest BCUT2D eigenvalue weighted by Crippen LogP contribution is -2.49. The number of aliphatic hydroxyl groups is 1. The summed E-state index contributed by atoms with van der Waals surface area (Å²) < 4.78 is 42.2. The van der Waals surface area contributed by atoms with Gasteiger partial charge in [-0.2, -0.15) is 13.2 Å². The molecule has 0 aliphatic carbocycles. The fourth-order valence-electron chi connectivity index (χ4n) is 1.29. The summed E-state index contributed by atoms with van der Waals surface area (Å²) in [6.07, 6.45) is -5.34. The van der Waals surface area contributed by atoms with Crippen molar-refractivity contribution in [1.82, 2.24) is 0 Å². The summed E-state index contributed by atoms with van der Waals surface area (Å²) in [5.41, 5.74) is -4.87. The van der Waals surface area contributed by atoms with Gasteiger partial charge in [-0.25, -0.2) is 4.79 Å². The SMILES string of the molecule is COC(=O)[C@@](O)(c1ccc(O)c(O)c1)C(F)(F)F. The van der Waals surface area contributed by atoms with Gasteiger partial charge in [-0.05, 0) is 12.1 Å². The van der Waals surface area contributed by atoms with Gasteiger partial charge in [0.15, 0.2) is 11.5 Å². The monoisotopic (exact) mass is 266 g/mol. The van der Waals surface area contributed by atoms with Crippen LogP contribution in [0.15, 0.2) is 18.2 Å². The third kappa shape index (κ3) is 2.06. The first kappa shape index (κ1) is 14.1. The first-order valence-electron chi connectivity index (χ1n) is 4.54. The molecular weight excluding hydrogens is 257 g/mol. The van der Waals surface area contributed by atoms with Crippen molar-refractivity contribution in [3.63, 3.8) is 0 Å². The molecule has 18 heavy (non-hydrogen) atoms. The predicted molar refractivity (Wildman–Crippen MR) is 51.7 cm³/mol. The lowest BCUT2D eigenvalue weighted by Gasteiger charge is -2.28. The van der Waals surface area contributed by atoms with E-state index in [1.54, 1.807) is 0 Å². The molecule has 1 rings (SSSR count). The van der Waals surface area contributed by atoms with Crippen LogP contribution >= 0.6 is 0 Å². The Labute approximate surface area is 99.0 Å². The van der Waals surface area contributed by atoms with Gasteiger partial charge >= 0.3 is 12.1 Å². The maximum atomic E-state index is 12.8. The molecule has 0 fully saturated rings. The number of phenols is 2. The van der Waals surface area contributed by atoms with E-state index in [-0.39, 0.29) is 0 Å². The molecule has 0 aromatic heterocycles. The highest BCUT2D eigenvalue weighted by Crippen LogP contribution is 2.42. The molecule has 1 aromatic rings. The smallest absolute Gasteiger partial charge is 0.432 e. The normalized spacial score (nSPS) is 14.9. The summed E-state index contributed by atoms with van der Waals surface area (Å²) in [5.74, 6) is -3.53. The number of carbonyl (C=O) groups is 1. The average molecular weight is 266 g/mol. The summed E-state index contributed by atoms with van der Waals surface area (Å²) in [5, 5.41) is 27.6. The quantitative estimate of drug-likeness (QED) is 0.549. The predicted octanol–water partition coefficient (Wildman–Crippen LogP) is 1.02. The minimum atomic E-state index is -5.34. The molecule has 1 atom stereocenters. The van der Waals surface area contributed by atoms with Crippen molar-refractivity contribution in [2.75, 3.05) is 7.11 Å². The van der Waals surface area contributed by atoms with Crippen LogP contribution in [-0.2, 0) is 15.1 Å². The van der Waals surface area contributed by atoms with Crippen molar-refractivity contribution >= 4 is 5.97 Å². The lowest BCUT2D eigenvalue weighted by atomic mass is 9.93. The zero-order chi connectivity index (χ0) is 14.1. The fourth-order valence-corrected chi connectivity index (χ4v) is 1.29. The summed E-state index contributed by atoms with van der Waals surface area (Å²) in [6.45, 7) is 0. The van der Waals surface area contributed by atoms with E-state index in [4.69, 9.17) is 10.2 Å². The number of hydrogen-bond donors (Lipinski definition) is 3. The first-order valence-corrected chi connectivity index (χ1v) is 4.54. The third-order valence-corrected chi connectivity index (χ3v) is 2.28. The highest BCUT2D eigenvalue weighted by molar-refractivity contribution is 5.82. The van der Waals surface area contributed by atoms with Gasteiger partial charge in [0.25, 0.3) is 5.60 Å². The van der Waals surface area contributed by atoms with Gasteiger partial charge in [-0.15, -0.1) is 0 Å². The van der Waals surface area contributed by atoms with Crippen LogP contribution in [0.1, 0.15) is 5.56 Å². The molecule has 0 aliphatic rings. The number of rotatable bonds is 2. The minimum Gasteiger partial charge on any atom is -0.504 e. The van der Waals surface area contributed by atoms with Gasteiger partial charge in [0.2, 0.25) is 0 Å². The van der Waals surface area contributed by atoms with E-state index < -0.39 is 34.8 Å². The molecule has 0 heterocycles. The van der Waals surface area contributed by atoms with Crippen LogP contribution in [0.3, 0.4) is 0 Å². The molecule has 100 valence electrons. The van der Waals surface area contributed by atoms with Crippen molar-refractivity contribution < 1.29 is 38.0 Å². The Morgan fingerprint density at radius 3 is 2.17 bits per heavy atom. The zero-order valence-electron chi connectivity index (χ0n) is 9.02.